The zero-order valence-electron chi connectivity index (χ0n) is 14.5. The van der Waals surface area contributed by atoms with Gasteiger partial charge in [-0.1, -0.05) is 18.2 Å². The highest BCUT2D eigenvalue weighted by Crippen LogP contribution is 2.41. The Bertz CT molecular complexity index is 1120. The average molecular weight is 381 g/mol. The number of nitrogens with one attached hydrogen (secondary N) is 1. The fourth-order valence-electron chi connectivity index (χ4n) is 3.80. The molecule has 0 amide bonds. The Labute approximate surface area is 157 Å². The number of nitrogens with zero attached hydrogens (tertiary/aromatic N) is 3. The quantitative estimate of drug-likeness (QED) is 0.720. The highest BCUT2D eigenvalue weighted by atomic mass is 32.2. The molecule has 1 aliphatic carbocycles. The van der Waals surface area contributed by atoms with Gasteiger partial charge in [-0.05, 0) is 37.5 Å². The maximum atomic E-state index is 13.6. The number of pyridine rings is 1. The van der Waals surface area contributed by atoms with Gasteiger partial charge in [0.1, 0.15) is 5.65 Å². The molecule has 27 heavy (non-hydrogen) atoms. The van der Waals surface area contributed by atoms with Crippen LogP contribution in [-0.4, -0.2) is 24.4 Å². The van der Waals surface area contributed by atoms with Crippen LogP contribution in [0.2, 0.25) is 0 Å². The minimum Gasteiger partial charge on any atom is -0.396 e. The third-order valence-electron chi connectivity index (χ3n) is 5.05. The van der Waals surface area contributed by atoms with Crippen LogP contribution < -0.4 is 10.0 Å². The zero-order chi connectivity index (χ0) is 19.0. The molecule has 3 aromatic rings. The number of nitrogen functional groups attached to an aromatic ring is 1. The van der Waals surface area contributed by atoms with E-state index in [1.54, 1.807) is 42.6 Å². The molecule has 1 fully saturated rings. The molecule has 3 N–H and O–H groups in total. The number of anilines is 2. The van der Waals surface area contributed by atoms with Crippen LogP contribution in [0.5, 0.6) is 0 Å². The van der Waals surface area contributed by atoms with Crippen molar-refractivity contribution in [2.75, 3.05) is 10.0 Å². The summed E-state index contributed by atoms with van der Waals surface area (Å²) in [5, 5.41) is 10.2. The molecule has 4 rings (SSSR count). The van der Waals surface area contributed by atoms with Crippen molar-refractivity contribution >= 4 is 32.4 Å². The third kappa shape index (κ3) is 2.80. The summed E-state index contributed by atoms with van der Waals surface area (Å²) in [6.07, 6.45) is 5.23. The van der Waals surface area contributed by atoms with Gasteiger partial charge >= 0.3 is 0 Å². The second-order valence-electron chi connectivity index (χ2n) is 6.65. The molecule has 1 saturated carbocycles. The Morgan fingerprint density at radius 1 is 1.22 bits per heavy atom. The van der Waals surface area contributed by atoms with Crippen LogP contribution in [0.4, 0.5) is 11.4 Å². The second-order valence-corrected chi connectivity index (χ2v) is 8.46. The zero-order valence-corrected chi connectivity index (χ0v) is 15.4. The molecule has 1 aromatic carbocycles. The normalized spacial score (nSPS) is 19.8. The van der Waals surface area contributed by atoms with Crippen molar-refractivity contribution in [1.82, 2.24) is 9.97 Å². The van der Waals surface area contributed by atoms with Crippen LogP contribution in [0.3, 0.4) is 0 Å². The van der Waals surface area contributed by atoms with Gasteiger partial charge in [0.15, 0.2) is 0 Å². The third-order valence-corrected chi connectivity index (χ3v) is 6.89. The number of fused-ring (bicyclic) bond motifs is 1. The highest BCUT2D eigenvalue weighted by molar-refractivity contribution is 7.93. The Kier molecular flexibility index (Phi) is 4.24. The average Bonchev–Trinajstić information content (AvgIpc) is 3.33. The van der Waals surface area contributed by atoms with Crippen molar-refractivity contribution in [2.45, 2.75) is 30.2 Å². The summed E-state index contributed by atoms with van der Waals surface area (Å²) in [7, 11) is -3.91. The first-order valence-corrected chi connectivity index (χ1v) is 10.2. The monoisotopic (exact) mass is 381 g/mol. The van der Waals surface area contributed by atoms with Crippen molar-refractivity contribution < 1.29 is 8.42 Å². The lowest BCUT2D eigenvalue weighted by molar-refractivity contribution is 0.550. The molecule has 1 aliphatic rings. The molecule has 7 nitrogen and oxygen atoms in total. The summed E-state index contributed by atoms with van der Waals surface area (Å²) in [4.78, 5) is 7.41. The first kappa shape index (κ1) is 17.4. The van der Waals surface area contributed by atoms with Gasteiger partial charge in [-0.3, -0.25) is 4.31 Å². The lowest BCUT2D eigenvalue weighted by Gasteiger charge is -2.33. The highest BCUT2D eigenvalue weighted by Gasteiger charge is 2.41. The van der Waals surface area contributed by atoms with Gasteiger partial charge in [-0.15, -0.1) is 0 Å². The van der Waals surface area contributed by atoms with E-state index >= 15 is 0 Å². The van der Waals surface area contributed by atoms with Crippen molar-refractivity contribution in [3.63, 3.8) is 0 Å². The number of benzene rings is 1. The van der Waals surface area contributed by atoms with E-state index in [2.05, 4.69) is 16.0 Å². The SMILES string of the molecule is N#CC1CCCC1N(c1c(N)cnc2[nH]ccc12)S(=O)(=O)c1ccccc1. The van der Waals surface area contributed by atoms with E-state index < -0.39 is 16.1 Å². The molecule has 2 unspecified atom stereocenters. The largest absolute Gasteiger partial charge is 0.396 e. The predicted octanol–water partition coefficient (Wildman–Crippen LogP) is 3.03. The van der Waals surface area contributed by atoms with Crippen LogP contribution in [0.25, 0.3) is 11.0 Å². The van der Waals surface area contributed by atoms with Gasteiger partial charge < -0.3 is 10.7 Å². The van der Waals surface area contributed by atoms with Crippen molar-refractivity contribution in [2.24, 2.45) is 5.92 Å². The standard InChI is InChI=1S/C19H19N5O2S/c20-11-13-5-4-8-17(13)24(27(25,26)14-6-2-1-3-7-14)18-15-9-10-22-19(15)23-12-16(18)21/h1-3,6-7,9-10,12-13,17H,4-5,8,21H2,(H,22,23). The molecule has 0 aliphatic heterocycles. The van der Waals surface area contributed by atoms with Crippen LogP contribution in [0, 0.1) is 17.2 Å². The number of H-pyrrole nitrogens is 1. The van der Waals surface area contributed by atoms with Gasteiger partial charge in [0.05, 0.1) is 40.5 Å². The number of rotatable bonds is 4. The summed E-state index contributed by atoms with van der Waals surface area (Å²) < 4.78 is 28.6. The van der Waals surface area contributed by atoms with E-state index in [-0.39, 0.29) is 16.5 Å². The van der Waals surface area contributed by atoms with Gasteiger partial charge in [0.2, 0.25) is 0 Å². The Balaban J connectivity index is 1.99. The minimum atomic E-state index is -3.91. The van der Waals surface area contributed by atoms with E-state index in [4.69, 9.17) is 5.73 Å². The molecule has 0 radical (unpaired) electrons. The number of hydrogen-bond acceptors (Lipinski definition) is 5. The molecular formula is C19H19N5O2S. The fraction of sp³-hybridized carbons (Fsp3) is 0.263. The smallest absolute Gasteiger partial charge is 0.264 e. The Morgan fingerprint density at radius 3 is 2.74 bits per heavy atom. The number of sulfonamides is 1. The molecule has 0 bridgehead atoms. The first-order chi connectivity index (χ1) is 13.0. The van der Waals surface area contributed by atoms with Crippen molar-refractivity contribution in [3.05, 3.63) is 48.8 Å². The van der Waals surface area contributed by atoms with Gasteiger partial charge in [0, 0.05) is 11.6 Å². The summed E-state index contributed by atoms with van der Waals surface area (Å²) in [5.41, 5.74) is 7.42. The molecule has 2 atom stereocenters. The molecule has 8 heteroatoms. The second kappa shape index (κ2) is 6.59. The predicted molar refractivity (Wildman–Crippen MR) is 103 cm³/mol. The summed E-state index contributed by atoms with van der Waals surface area (Å²) in [5.74, 6) is -0.384. The van der Waals surface area contributed by atoms with E-state index in [9.17, 15) is 13.7 Å². The molecule has 2 aromatic heterocycles. The molecule has 0 saturated heterocycles. The Hall–Kier alpha value is -3.05. The first-order valence-electron chi connectivity index (χ1n) is 8.74. The molecule has 138 valence electrons. The number of aromatic nitrogens is 2. The van der Waals surface area contributed by atoms with Gasteiger partial charge in [-0.2, -0.15) is 5.26 Å². The summed E-state index contributed by atoms with van der Waals surface area (Å²) >= 11 is 0. The fourth-order valence-corrected chi connectivity index (χ4v) is 5.58. The maximum absolute atomic E-state index is 13.6. The number of nitriles is 1. The van der Waals surface area contributed by atoms with Crippen LogP contribution in [0.1, 0.15) is 19.3 Å². The number of nitrogens with two attached hydrogens (primary N) is 1. The molecule has 0 spiro atoms. The summed E-state index contributed by atoms with van der Waals surface area (Å²) in [6.45, 7) is 0. The topological polar surface area (TPSA) is 116 Å². The van der Waals surface area contributed by atoms with Crippen LogP contribution in [0.15, 0.2) is 53.7 Å². The van der Waals surface area contributed by atoms with Gasteiger partial charge in [-0.25, -0.2) is 13.4 Å². The van der Waals surface area contributed by atoms with Crippen molar-refractivity contribution in [1.29, 1.82) is 5.26 Å². The summed E-state index contributed by atoms with van der Waals surface area (Å²) in [6, 6.07) is 11.8. The van der Waals surface area contributed by atoms with Crippen molar-refractivity contribution in [3.8, 4) is 6.07 Å². The lowest BCUT2D eigenvalue weighted by Crippen LogP contribution is -2.42. The van der Waals surface area contributed by atoms with E-state index in [1.807, 2.05) is 0 Å². The molecular weight excluding hydrogens is 362 g/mol. The Morgan fingerprint density at radius 2 is 2.00 bits per heavy atom. The van der Waals surface area contributed by atoms with Crippen LogP contribution in [-0.2, 0) is 10.0 Å². The molecule has 2 heterocycles. The maximum Gasteiger partial charge on any atom is 0.264 e. The number of hydrogen-bond donors (Lipinski definition) is 2. The van der Waals surface area contributed by atoms with Gasteiger partial charge in [0.25, 0.3) is 10.0 Å². The van der Waals surface area contributed by atoms with Crippen LogP contribution >= 0.6 is 0 Å². The number of aromatic amines is 1. The lowest BCUT2D eigenvalue weighted by atomic mass is 10.0. The minimum absolute atomic E-state index is 0.175. The van der Waals surface area contributed by atoms with E-state index in [1.165, 1.54) is 10.5 Å². The van der Waals surface area contributed by atoms with E-state index in [0.717, 1.165) is 6.42 Å². The van der Waals surface area contributed by atoms with E-state index in [0.29, 0.717) is 29.6 Å².